The second-order valence-electron chi connectivity index (χ2n) is 3.93. The Kier molecular flexibility index (Phi) is 1.63. The zero-order valence-corrected chi connectivity index (χ0v) is 7.91. The quantitative estimate of drug-likeness (QED) is 0.758. The number of fused-ring (bicyclic) bond motifs is 1. The molecule has 0 unspecified atom stereocenters. The molecule has 0 radical (unpaired) electrons. The molecule has 0 bridgehead atoms. The number of oxazole rings is 1. The van der Waals surface area contributed by atoms with Gasteiger partial charge in [0.1, 0.15) is 5.52 Å². The van der Waals surface area contributed by atoms with E-state index in [0.29, 0.717) is 23.9 Å². The predicted octanol–water partition coefficient (Wildman–Crippen LogP) is 3.33. The standard InChI is InChI=1S/C11H9F2NO/c12-11(13,7-1-2-7)8-3-4-9-10(5-8)15-6-14-9/h3-7H,1-2H2. The first kappa shape index (κ1) is 8.83. The molecule has 1 aromatic carbocycles. The minimum atomic E-state index is -2.72. The molecule has 1 aromatic heterocycles. The smallest absolute Gasteiger partial charge is 0.276 e. The molecule has 0 spiro atoms. The van der Waals surface area contributed by atoms with E-state index in [1.165, 1.54) is 18.5 Å². The van der Waals surface area contributed by atoms with Crippen LogP contribution in [-0.2, 0) is 5.92 Å². The lowest BCUT2D eigenvalue weighted by atomic mass is 10.0. The normalized spacial score (nSPS) is 17.2. The van der Waals surface area contributed by atoms with Gasteiger partial charge in [-0.15, -0.1) is 0 Å². The zero-order valence-electron chi connectivity index (χ0n) is 7.91. The molecule has 0 N–H and O–H groups in total. The van der Waals surface area contributed by atoms with Crippen molar-refractivity contribution >= 4 is 11.1 Å². The first-order valence-corrected chi connectivity index (χ1v) is 4.89. The number of nitrogens with zero attached hydrogens (tertiary/aromatic N) is 1. The maximum atomic E-state index is 13.7. The highest BCUT2D eigenvalue weighted by Gasteiger charge is 2.48. The minimum Gasteiger partial charge on any atom is -0.443 e. The van der Waals surface area contributed by atoms with Crippen LogP contribution in [0.15, 0.2) is 29.0 Å². The third-order valence-electron chi connectivity index (χ3n) is 2.81. The Morgan fingerprint density at radius 3 is 2.87 bits per heavy atom. The van der Waals surface area contributed by atoms with Crippen LogP contribution in [0.4, 0.5) is 8.78 Å². The van der Waals surface area contributed by atoms with Gasteiger partial charge in [0.2, 0.25) is 0 Å². The Bertz CT molecular complexity index is 502. The molecule has 4 heteroatoms. The van der Waals surface area contributed by atoms with Crippen LogP contribution in [0.5, 0.6) is 0 Å². The number of aromatic nitrogens is 1. The molecule has 0 amide bonds. The fourth-order valence-corrected chi connectivity index (χ4v) is 1.74. The fraction of sp³-hybridized carbons (Fsp3) is 0.364. The summed E-state index contributed by atoms with van der Waals surface area (Å²) >= 11 is 0. The molecule has 1 saturated carbocycles. The molecule has 15 heavy (non-hydrogen) atoms. The second kappa shape index (κ2) is 2.78. The van der Waals surface area contributed by atoms with Gasteiger partial charge >= 0.3 is 0 Å². The van der Waals surface area contributed by atoms with Gasteiger partial charge in [-0.1, -0.05) is 6.07 Å². The van der Waals surface area contributed by atoms with E-state index >= 15 is 0 Å². The summed E-state index contributed by atoms with van der Waals surface area (Å²) in [6.45, 7) is 0. The third-order valence-corrected chi connectivity index (χ3v) is 2.81. The second-order valence-corrected chi connectivity index (χ2v) is 3.93. The molecule has 2 nitrogen and oxygen atoms in total. The Morgan fingerprint density at radius 2 is 2.13 bits per heavy atom. The summed E-state index contributed by atoms with van der Waals surface area (Å²) in [5.41, 5.74) is 1.08. The Hall–Kier alpha value is -1.45. The number of alkyl halides is 2. The van der Waals surface area contributed by atoms with E-state index in [-0.39, 0.29) is 5.56 Å². The lowest BCUT2D eigenvalue weighted by Gasteiger charge is -2.15. The van der Waals surface area contributed by atoms with Crippen molar-refractivity contribution in [1.29, 1.82) is 0 Å². The molecule has 0 atom stereocenters. The van der Waals surface area contributed by atoms with Crippen LogP contribution in [0, 0.1) is 5.92 Å². The van der Waals surface area contributed by atoms with Crippen molar-refractivity contribution in [3.8, 4) is 0 Å². The average molecular weight is 209 g/mol. The molecular formula is C11H9F2NO. The largest absolute Gasteiger partial charge is 0.443 e. The number of hydrogen-bond donors (Lipinski definition) is 0. The fourth-order valence-electron chi connectivity index (χ4n) is 1.74. The number of rotatable bonds is 2. The van der Waals surface area contributed by atoms with Crippen molar-refractivity contribution in [2.45, 2.75) is 18.8 Å². The SMILES string of the molecule is FC(F)(c1ccc2ncoc2c1)C1CC1. The molecule has 1 heterocycles. The molecule has 78 valence electrons. The molecule has 1 aliphatic rings. The van der Waals surface area contributed by atoms with Crippen LogP contribution in [0.3, 0.4) is 0 Å². The highest BCUT2D eigenvalue weighted by molar-refractivity contribution is 5.73. The summed E-state index contributed by atoms with van der Waals surface area (Å²) in [4.78, 5) is 3.89. The summed E-state index contributed by atoms with van der Waals surface area (Å²) in [5.74, 6) is -3.21. The Labute approximate surface area is 84.9 Å². The average Bonchev–Trinajstić information content (AvgIpc) is 2.97. The molecule has 3 rings (SSSR count). The lowest BCUT2D eigenvalue weighted by Crippen LogP contribution is -2.15. The van der Waals surface area contributed by atoms with Gasteiger partial charge in [0, 0.05) is 11.5 Å². The van der Waals surface area contributed by atoms with Gasteiger partial charge in [0.05, 0.1) is 0 Å². The van der Waals surface area contributed by atoms with Gasteiger partial charge in [0.15, 0.2) is 12.0 Å². The van der Waals surface area contributed by atoms with E-state index in [2.05, 4.69) is 4.98 Å². The van der Waals surface area contributed by atoms with Crippen molar-refractivity contribution in [2.24, 2.45) is 5.92 Å². The van der Waals surface area contributed by atoms with Crippen molar-refractivity contribution in [1.82, 2.24) is 4.98 Å². The highest BCUT2D eigenvalue weighted by Crippen LogP contribution is 2.49. The molecule has 1 aliphatic carbocycles. The van der Waals surface area contributed by atoms with Crippen molar-refractivity contribution < 1.29 is 13.2 Å². The summed E-state index contributed by atoms with van der Waals surface area (Å²) in [5, 5.41) is 0. The van der Waals surface area contributed by atoms with Gasteiger partial charge in [0.25, 0.3) is 5.92 Å². The van der Waals surface area contributed by atoms with Gasteiger partial charge in [-0.05, 0) is 25.0 Å². The van der Waals surface area contributed by atoms with E-state index in [1.807, 2.05) is 0 Å². The molecule has 1 fully saturated rings. The Balaban J connectivity index is 2.09. The van der Waals surface area contributed by atoms with Crippen molar-refractivity contribution in [3.05, 3.63) is 30.2 Å². The maximum Gasteiger partial charge on any atom is 0.276 e. The Morgan fingerprint density at radius 1 is 1.33 bits per heavy atom. The van der Waals surface area contributed by atoms with E-state index in [4.69, 9.17) is 4.42 Å². The van der Waals surface area contributed by atoms with Crippen LogP contribution >= 0.6 is 0 Å². The van der Waals surface area contributed by atoms with E-state index in [1.54, 1.807) is 6.07 Å². The molecule has 0 saturated heterocycles. The highest BCUT2D eigenvalue weighted by atomic mass is 19.3. The lowest BCUT2D eigenvalue weighted by molar-refractivity contribution is -0.0284. The first-order valence-electron chi connectivity index (χ1n) is 4.89. The van der Waals surface area contributed by atoms with Crippen LogP contribution in [-0.4, -0.2) is 4.98 Å². The zero-order chi connectivity index (χ0) is 10.5. The minimum absolute atomic E-state index is 0.0363. The third kappa shape index (κ3) is 1.32. The number of halogens is 2. The summed E-state index contributed by atoms with van der Waals surface area (Å²) in [7, 11) is 0. The molecule has 0 aliphatic heterocycles. The van der Waals surface area contributed by atoms with Gasteiger partial charge in [-0.25, -0.2) is 13.8 Å². The van der Waals surface area contributed by atoms with Crippen molar-refractivity contribution in [3.63, 3.8) is 0 Å². The summed E-state index contributed by atoms with van der Waals surface area (Å²) in [6, 6.07) is 4.40. The van der Waals surface area contributed by atoms with E-state index < -0.39 is 11.8 Å². The topological polar surface area (TPSA) is 26.0 Å². The maximum absolute atomic E-state index is 13.7. The van der Waals surface area contributed by atoms with Crippen LogP contribution in [0.1, 0.15) is 18.4 Å². The van der Waals surface area contributed by atoms with E-state index in [9.17, 15) is 8.78 Å². The summed E-state index contributed by atoms with van der Waals surface area (Å²) < 4.78 is 32.4. The summed E-state index contributed by atoms with van der Waals surface area (Å²) in [6.07, 6.45) is 2.49. The van der Waals surface area contributed by atoms with Crippen LogP contribution < -0.4 is 0 Å². The number of hydrogen-bond acceptors (Lipinski definition) is 2. The monoisotopic (exact) mass is 209 g/mol. The van der Waals surface area contributed by atoms with Crippen LogP contribution in [0.2, 0.25) is 0 Å². The van der Waals surface area contributed by atoms with Crippen molar-refractivity contribution in [2.75, 3.05) is 0 Å². The predicted molar refractivity (Wildman–Crippen MR) is 50.6 cm³/mol. The molecular weight excluding hydrogens is 200 g/mol. The first-order chi connectivity index (χ1) is 7.18. The van der Waals surface area contributed by atoms with E-state index in [0.717, 1.165) is 0 Å². The van der Waals surface area contributed by atoms with Gasteiger partial charge in [-0.2, -0.15) is 0 Å². The van der Waals surface area contributed by atoms with Gasteiger partial charge in [-0.3, -0.25) is 0 Å². The van der Waals surface area contributed by atoms with Crippen LogP contribution in [0.25, 0.3) is 11.1 Å². The number of benzene rings is 1. The van der Waals surface area contributed by atoms with Gasteiger partial charge < -0.3 is 4.42 Å². The molecule has 2 aromatic rings.